The molecule has 0 spiro atoms. The fourth-order valence-electron chi connectivity index (χ4n) is 1.44. The number of H-pyrrole nitrogens is 1. The van der Waals surface area contributed by atoms with Gasteiger partial charge in [0.05, 0.1) is 23.2 Å². The summed E-state index contributed by atoms with van der Waals surface area (Å²) in [6.45, 7) is -0.0789. The molecule has 0 bridgehead atoms. The number of hydrogen-bond donors (Lipinski definition) is 3. The zero-order valence-corrected chi connectivity index (χ0v) is 8.25. The number of nitrogens with two attached hydrogens (primary N) is 1. The average Bonchev–Trinajstić information content (AvgIpc) is 2.62. The number of halogens is 1. The maximum absolute atomic E-state index is 8.90. The normalized spacial score (nSPS) is 13.4. The van der Waals surface area contributed by atoms with E-state index in [1.807, 2.05) is 24.3 Å². The summed E-state index contributed by atoms with van der Waals surface area (Å²) in [5.74, 6) is 0. The molecule has 74 valence electrons. The number of benzene rings is 1. The SMILES string of the molecule is NC(CO)c1cc2cccc(Cl)c2[nH]1. The molecule has 0 amide bonds. The molecule has 1 aromatic heterocycles. The largest absolute Gasteiger partial charge is 0.394 e. The molecule has 0 saturated carbocycles. The Balaban J connectivity index is 2.56. The molecule has 0 saturated heterocycles. The van der Waals surface area contributed by atoms with Gasteiger partial charge in [-0.05, 0) is 12.1 Å². The lowest BCUT2D eigenvalue weighted by atomic mass is 10.2. The zero-order chi connectivity index (χ0) is 10.1. The van der Waals surface area contributed by atoms with Crippen molar-refractivity contribution in [3.05, 3.63) is 35.0 Å². The number of fused-ring (bicyclic) bond motifs is 1. The van der Waals surface area contributed by atoms with Crippen molar-refractivity contribution in [1.29, 1.82) is 0 Å². The van der Waals surface area contributed by atoms with Crippen LogP contribution in [0.3, 0.4) is 0 Å². The van der Waals surface area contributed by atoms with Crippen LogP contribution < -0.4 is 5.73 Å². The van der Waals surface area contributed by atoms with Gasteiger partial charge in [0.1, 0.15) is 0 Å². The van der Waals surface area contributed by atoms with Gasteiger partial charge in [0, 0.05) is 11.1 Å². The number of aliphatic hydroxyl groups excluding tert-OH is 1. The van der Waals surface area contributed by atoms with Crippen molar-refractivity contribution >= 4 is 22.5 Å². The van der Waals surface area contributed by atoms with Crippen LogP contribution in [0.4, 0.5) is 0 Å². The van der Waals surface area contributed by atoms with Crippen LogP contribution in [0.15, 0.2) is 24.3 Å². The molecule has 4 heteroatoms. The van der Waals surface area contributed by atoms with E-state index < -0.39 is 0 Å². The summed E-state index contributed by atoms with van der Waals surface area (Å²) in [7, 11) is 0. The number of aliphatic hydroxyl groups is 1. The summed E-state index contributed by atoms with van der Waals surface area (Å²) in [6, 6.07) is 7.17. The van der Waals surface area contributed by atoms with E-state index in [2.05, 4.69) is 4.98 Å². The van der Waals surface area contributed by atoms with E-state index in [4.69, 9.17) is 22.4 Å². The van der Waals surface area contributed by atoms with Gasteiger partial charge in [0.15, 0.2) is 0 Å². The second-order valence-corrected chi connectivity index (χ2v) is 3.63. The summed E-state index contributed by atoms with van der Waals surface area (Å²) in [4.78, 5) is 3.10. The molecule has 2 aromatic rings. The van der Waals surface area contributed by atoms with E-state index in [-0.39, 0.29) is 12.6 Å². The monoisotopic (exact) mass is 210 g/mol. The van der Waals surface area contributed by atoms with Gasteiger partial charge < -0.3 is 15.8 Å². The molecule has 1 aromatic carbocycles. The van der Waals surface area contributed by atoms with Crippen LogP contribution in [0.5, 0.6) is 0 Å². The summed E-state index contributed by atoms with van der Waals surface area (Å²) < 4.78 is 0. The van der Waals surface area contributed by atoms with Crippen molar-refractivity contribution in [1.82, 2.24) is 4.98 Å². The minimum Gasteiger partial charge on any atom is -0.394 e. The molecule has 0 fully saturated rings. The smallest absolute Gasteiger partial charge is 0.0683 e. The number of aromatic nitrogens is 1. The Morgan fingerprint density at radius 2 is 2.29 bits per heavy atom. The number of para-hydroxylation sites is 1. The maximum atomic E-state index is 8.90. The van der Waals surface area contributed by atoms with Gasteiger partial charge in [-0.25, -0.2) is 0 Å². The van der Waals surface area contributed by atoms with Crippen LogP contribution in [0, 0.1) is 0 Å². The van der Waals surface area contributed by atoms with Gasteiger partial charge in [0.25, 0.3) is 0 Å². The van der Waals surface area contributed by atoms with Crippen LogP contribution in [0.25, 0.3) is 10.9 Å². The summed E-state index contributed by atoms with van der Waals surface area (Å²) >= 11 is 5.98. The number of rotatable bonds is 2. The molecule has 1 atom stereocenters. The van der Waals surface area contributed by atoms with Gasteiger partial charge in [-0.3, -0.25) is 0 Å². The standard InChI is InChI=1S/C10H11ClN2O/c11-7-3-1-2-6-4-9(8(12)5-14)13-10(6)7/h1-4,8,13-14H,5,12H2. The van der Waals surface area contributed by atoms with Crippen LogP contribution in [0.2, 0.25) is 5.02 Å². The van der Waals surface area contributed by atoms with Gasteiger partial charge in [-0.1, -0.05) is 23.7 Å². The van der Waals surface area contributed by atoms with Crippen LogP contribution in [-0.4, -0.2) is 16.7 Å². The molecule has 3 nitrogen and oxygen atoms in total. The third kappa shape index (κ3) is 1.50. The first kappa shape index (κ1) is 9.52. The highest BCUT2D eigenvalue weighted by atomic mass is 35.5. The van der Waals surface area contributed by atoms with Crippen LogP contribution >= 0.6 is 11.6 Å². The van der Waals surface area contributed by atoms with Crippen molar-refractivity contribution in [3.8, 4) is 0 Å². The van der Waals surface area contributed by atoms with Gasteiger partial charge >= 0.3 is 0 Å². The lowest BCUT2D eigenvalue weighted by Crippen LogP contribution is -2.14. The first-order valence-corrected chi connectivity index (χ1v) is 4.73. The molecule has 0 aliphatic heterocycles. The second kappa shape index (κ2) is 3.61. The quantitative estimate of drug-likeness (QED) is 0.708. The Kier molecular flexibility index (Phi) is 2.46. The van der Waals surface area contributed by atoms with Crippen LogP contribution in [0.1, 0.15) is 11.7 Å². The van der Waals surface area contributed by atoms with E-state index in [1.165, 1.54) is 0 Å². The van der Waals surface area contributed by atoms with Crippen molar-refractivity contribution in [2.75, 3.05) is 6.61 Å². The topological polar surface area (TPSA) is 62.0 Å². The van der Waals surface area contributed by atoms with Crippen molar-refractivity contribution < 1.29 is 5.11 Å². The fraction of sp³-hybridized carbons (Fsp3) is 0.200. The Hall–Kier alpha value is -1.03. The predicted octanol–water partition coefficient (Wildman–Crippen LogP) is 1.81. The molecule has 0 radical (unpaired) electrons. The van der Waals surface area contributed by atoms with E-state index in [9.17, 15) is 0 Å². The summed E-state index contributed by atoms with van der Waals surface area (Å²) in [5.41, 5.74) is 7.35. The minimum absolute atomic E-state index is 0.0789. The molecular weight excluding hydrogens is 200 g/mol. The highest BCUT2D eigenvalue weighted by Gasteiger charge is 2.09. The summed E-state index contributed by atoms with van der Waals surface area (Å²) in [6.07, 6.45) is 0. The molecule has 0 aliphatic carbocycles. The number of aromatic amines is 1. The summed E-state index contributed by atoms with van der Waals surface area (Å²) in [5, 5.41) is 10.6. The van der Waals surface area contributed by atoms with Crippen molar-refractivity contribution in [3.63, 3.8) is 0 Å². The fourth-order valence-corrected chi connectivity index (χ4v) is 1.67. The van der Waals surface area contributed by atoms with E-state index in [0.717, 1.165) is 16.6 Å². The molecule has 2 rings (SSSR count). The third-order valence-corrected chi connectivity index (χ3v) is 2.54. The molecule has 14 heavy (non-hydrogen) atoms. The third-order valence-electron chi connectivity index (χ3n) is 2.22. The molecule has 4 N–H and O–H groups in total. The highest BCUT2D eigenvalue weighted by Crippen LogP contribution is 2.25. The molecule has 0 aliphatic rings. The molecular formula is C10H11ClN2O. The van der Waals surface area contributed by atoms with Crippen LogP contribution in [-0.2, 0) is 0 Å². The van der Waals surface area contributed by atoms with Gasteiger partial charge in [-0.15, -0.1) is 0 Å². The zero-order valence-electron chi connectivity index (χ0n) is 7.50. The number of nitrogens with one attached hydrogen (secondary N) is 1. The molecule has 1 heterocycles. The average molecular weight is 211 g/mol. The van der Waals surface area contributed by atoms with Crippen molar-refractivity contribution in [2.24, 2.45) is 5.73 Å². The Morgan fingerprint density at radius 1 is 1.50 bits per heavy atom. The lowest BCUT2D eigenvalue weighted by molar-refractivity contribution is 0.266. The predicted molar refractivity (Wildman–Crippen MR) is 57.3 cm³/mol. The second-order valence-electron chi connectivity index (χ2n) is 3.22. The maximum Gasteiger partial charge on any atom is 0.0683 e. The first-order chi connectivity index (χ1) is 6.72. The van der Waals surface area contributed by atoms with Crippen molar-refractivity contribution in [2.45, 2.75) is 6.04 Å². The van der Waals surface area contributed by atoms with E-state index in [0.29, 0.717) is 5.02 Å². The van der Waals surface area contributed by atoms with Gasteiger partial charge in [-0.2, -0.15) is 0 Å². The van der Waals surface area contributed by atoms with E-state index >= 15 is 0 Å². The minimum atomic E-state index is -0.376. The van der Waals surface area contributed by atoms with E-state index in [1.54, 1.807) is 0 Å². The Labute approximate surface area is 86.5 Å². The highest BCUT2D eigenvalue weighted by molar-refractivity contribution is 6.35. The van der Waals surface area contributed by atoms with Gasteiger partial charge in [0.2, 0.25) is 0 Å². The Morgan fingerprint density at radius 3 is 2.93 bits per heavy atom. The Bertz CT molecular complexity index is 452. The first-order valence-electron chi connectivity index (χ1n) is 4.36. The number of hydrogen-bond acceptors (Lipinski definition) is 2. The molecule has 1 unspecified atom stereocenters. The lowest BCUT2D eigenvalue weighted by Gasteiger charge is -2.03.